The van der Waals surface area contributed by atoms with Crippen LogP contribution in [0.4, 0.5) is 0 Å². The first-order chi connectivity index (χ1) is 6.03. The van der Waals surface area contributed by atoms with E-state index in [1.54, 1.807) is 28.7 Å². The Hall–Kier alpha value is 0.570. The van der Waals surface area contributed by atoms with Gasteiger partial charge < -0.3 is 4.74 Å². The highest BCUT2D eigenvalue weighted by Crippen LogP contribution is 2.34. The predicted molar refractivity (Wildman–Crippen MR) is 55.6 cm³/mol. The quantitative estimate of drug-likeness (QED) is 0.588. The fourth-order valence-corrected chi connectivity index (χ4v) is 4.95. The van der Waals surface area contributed by atoms with Crippen molar-refractivity contribution in [2.45, 2.75) is 6.10 Å². The molecule has 4 nitrogen and oxygen atoms in total. The zero-order valence-electron chi connectivity index (χ0n) is 7.17. The molecule has 0 bridgehead atoms. The second kappa shape index (κ2) is 4.88. The van der Waals surface area contributed by atoms with Crippen LogP contribution in [0.25, 0.3) is 0 Å². The Balaban J connectivity index is 2.55. The van der Waals surface area contributed by atoms with Gasteiger partial charge in [0, 0.05) is 24.5 Å². The van der Waals surface area contributed by atoms with Gasteiger partial charge in [0.05, 0.1) is 11.9 Å². The number of rotatable bonds is 3. The molecule has 0 aromatic heterocycles. The van der Waals surface area contributed by atoms with Gasteiger partial charge in [-0.3, -0.25) is 4.55 Å². The predicted octanol–water partition coefficient (Wildman–Crippen LogP) is 0.900. The number of hydrogen-bond donors (Lipinski definition) is 1. The Morgan fingerprint density at radius 1 is 1.46 bits per heavy atom. The maximum absolute atomic E-state index is 10.6. The highest BCUT2D eigenvalue weighted by atomic mass is 33.1. The first-order valence-corrected chi connectivity index (χ1v) is 7.85. The SMILES string of the molecule is COC1CSSCC1CS(=O)(=O)O. The second-order valence-corrected chi connectivity index (χ2v) is 6.90. The van der Waals surface area contributed by atoms with Crippen LogP contribution < -0.4 is 0 Å². The van der Waals surface area contributed by atoms with Crippen molar-refractivity contribution in [3.05, 3.63) is 0 Å². The van der Waals surface area contributed by atoms with Crippen LogP contribution >= 0.6 is 21.6 Å². The molecular weight excluding hydrogens is 232 g/mol. The van der Waals surface area contributed by atoms with Crippen LogP contribution in [0.15, 0.2) is 0 Å². The van der Waals surface area contributed by atoms with Gasteiger partial charge in [-0.05, 0) is 0 Å². The highest BCUT2D eigenvalue weighted by molar-refractivity contribution is 8.76. The van der Waals surface area contributed by atoms with E-state index >= 15 is 0 Å². The lowest BCUT2D eigenvalue weighted by Crippen LogP contribution is -2.34. The molecule has 1 aliphatic heterocycles. The van der Waals surface area contributed by atoms with E-state index in [-0.39, 0.29) is 17.8 Å². The van der Waals surface area contributed by atoms with Gasteiger partial charge in [0.25, 0.3) is 10.1 Å². The van der Waals surface area contributed by atoms with E-state index in [4.69, 9.17) is 9.29 Å². The molecule has 1 fully saturated rings. The van der Waals surface area contributed by atoms with Gasteiger partial charge in [-0.2, -0.15) is 8.42 Å². The Labute approximate surface area is 85.9 Å². The van der Waals surface area contributed by atoms with Gasteiger partial charge in [0.15, 0.2) is 0 Å². The standard InChI is InChI=1S/C6H12O4S3/c1-10-6-3-12-11-2-5(6)4-13(7,8)9/h5-6H,2-4H2,1H3,(H,7,8,9). The van der Waals surface area contributed by atoms with E-state index in [9.17, 15) is 8.42 Å². The number of ether oxygens (including phenoxy) is 1. The fourth-order valence-electron chi connectivity index (χ4n) is 1.18. The van der Waals surface area contributed by atoms with Crippen molar-refractivity contribution in [3.63, 3.8) is 0 Å². The molecule has 0 aromatic rings. The maximum atomic E-state index is 10.6. The fraction of sp³-hybridized carbons (Fsp3) is 1.00. The molecule has 1 saturated heterocycles. The summed E-state index contributed by atoms with van der Waals surface area (Å²) < 4.78 is 35.1. The smallest absolute Gasteiger partial charge is 0.265 e. The molecule has 0 spiro atoms. The van der Waals surface area contributed by atoms with Crippen molar-refractivity contribution in [1.29, 1.82) is 0 Å². The monoisotopic (exact) mass is 244 g/mol. The minimum atomic E-state index is -3.87. The van der Waals surface area contributed by atoms with Crippen molar-refractivity contribution >= 4 is 31.7 Å². The molecule has 1 aliphatic rings. The van der Waals surface area contributed by atoms with Gasteiger partial charge in [0.2, 0.25) is 0 Å². The highest BCUT2D eigenvalue weighted by Gasteiger charge is 2.29. The van der Waals surface area contributed by atoms with Crippen LogP contribution in [0.2, 0.25) is 0 Å². The third-order valence-electron chi connectivity index (χ3n) is 1.85. The zero-order chi connectivity index (χ0) is 9.90. The lowest BCUT2D eigenvalue weighted by atomic mass is 10.1. The summed E-state index contributed by atoms with van der Waals surface area (Å²) in [4.78, 5) is 0. The molecule has 7 heteroatoms. The zero-order valence-corrected chi connectivity index (χ0v) is 9.62. The molecule has 78 valence electrons. The van der Waals surface area contributed by atoms with Crippen LogP contribution in [0.5, 0.6) is 0 Å². The summed E-state index contributed by atoms with van der Waals surface area (Å²) in [7, 11) is 0.995. The molecule has 0 radical (unpaired) electrons. The van der Waals surface area contributed by atoms with E-state index in [0.717, 1.165) is 5.75 Å². The Kier molecular flexibility index (Phi) is 4.37. The molecule has 1 rings (SSSR count). The van der Waals surface area contributed by atoms with Gasteiger partial charge in [-0.25, -0.2) is 0 Å². The van der Waals surface area contributed by atoms with Crippen LogP contribution in [0.3, 0.4) is 0 Å². The number of methoxy groups -OCH3 is 1. The summed E-state index contributed by atoms with van der Waals surface area (Å²) in [6, 6.07) is 0. The second-order valence-electron chi connectivity index (χ2n) is 2.85. The van der Waals surface area contributed by atoms with Crippen LogP contribution in [0, 0.1) is 5.92 Å². The molecule has 2 unspecified atom stereocenters. The van der Waals surface area contributed by atoms with E-state index in [2.05, 4.69) is 0 Å². The minimum Gasteiger partial charge on any atom is -0.380 e. The molecule has 1 heterocycles. The Morgan fingerprint density at radius 2 is 2.08 bits per heavy atom. The molecule has 0 saturated carbocycles. The summed E-state index contributed by atoms with van der Waals surface area (Å²) in [6.45, 7) is 0. The van der Waals surface area contributed by atoms with Crippen molar-refractivity contribution in [2.75, 3.05) is 24.4 Å². The van der Waals surface area contributed by atoms with Crippen molar-refractivity contribution in [2.24, 2.45) is 5.92 Å². The summed E-state index contributed by atoms with van der Waals surface area (Å²) in [6.07, 6.45) is -0.0619. The molecule has 0 aliphatic carbocycles. The molecule has 0 amide bonds. The van der Waals surface area contributed by atoms with Gasteiger partial charge in [0.1, 0.15) is 0 Å². The van der Waals surface area contributed by atoms with E-state index < -0.39 is 10.1 Å². The Bertz CT molecular complexity index is 251. The average molecular weight is 244 g/mol. The summed E-state index contributed by atoms with van der Waals surface area (Å²) in [5.74, 6) is 1.20. The van der Waals surface area contributed by atoms with Crippen molar-refractivity contribution in [1.82, 2.24) is 0 Å². The van der Waals surface area contributed by atoms with Crippen molar-refractivity contribution in [3.8, 4) is 0 Å². The molecule has 13 heavy (non-hydrogen) atoms. The summed E-state index contributed by atoms with van der Waals surface area (Å²) in [5.41, 5.74) is 0. The normalized spacial score (nSPS) is 30.3. The van der Waals surface area contributed by atoms with Crippen LogP contribution in [0.1, 0.15) is 0 Å². The molecule has 1 N–H and O–H groups in total. The van der Waals surface area contributed by atoms with Gasteiger partial charge in [-0.15, -0.1) is 0 Å². The molecular formula is C6H12O4S3. The first kappa shape index (κ1) is 11.6. The lowest BCUT2D eigenvalue weighted by molar-refractivity contribution is 0.0858. The van der Waals surface area contributed by atoms with Crippen molar-refractivity contribution < 1.29 is 17.7 Å². The Morgan fingerprint density at radius 3 is 2.62 bits per heavy atom. The first-order valence-electron chi connectivity index (χ1n) is 3.75. The third kappa shape index (κ3) is 4.07. The topological polar surface area (TPSA) is 63.6 Å². The maximum Gasteiger partial charge on any atom is 0.265 e. The molecule has 2 atom stereocenters. The van der Waals surface area contributed by atoms with E-state index in [1.165, 1.54) is 0 Å². The minimum absolute atomic E-state index is 0.0619. The lowest BCUT2D eigenvalue weighted by Gasteiger charge is -2.28. The van der Waals surface area contributed by atoms with Crippen LogP contribution in [-0.4, -0.2) is 43.4 Å². The van der Waals surface area contributed by atoms with Crippen LogP contribution in [-0.2, 0) is 14.9 Å². The third-order valence-corrected chi connectivity index (χ3v) is 5.21. The van der Waals surface area contributed by atoms with Gasteiger partial charge >= 0.3 is 0 Å². The van der Waals surface area contributed by atoms with E-state index in [0.29, 0.717) is 5.75 Å². The number of hydrogen-bond acceptors (Lipinski definition) is 5. The summed E-state index contributed by atoms with van der Waals surface area (Å²) in [5, 5.41) is 0. The van der Waals surface area contributed by atoms with Gasteiger partial charge in [-0.1, -0.05) is 21.6 Å². The van der Waals surface area contributed by atoms with E-state index in [1.807, 2.05) is 0 Å². The average Bonchev–Trinajstić information content (AvgIpc) is 2.02. The summed E-state index contributed by atoms with van der Waals surface area (Å²) >= 11 is 0. The largest absolute Gasteiger partial charge is 0.380 e. The molecule has 0 aromatic carbocycles.